The standard InChI is InChI=1S/C14H25BO4/c1-13(2)14(3,4)19-15(18-13)11-9-7-6-8-10-12(16)17-5/h9,11H,6-8,10H2,1-5H3/b11-9+. The summed E-state index contributed by atoms with van der Waals surface area (Å²) in [6, 6.07) is 0. The zero-order valence-electron chi connectivity index (χ0n) is 12.7. The van der Waals surface area contributed by atoms with E-state index in [9.17, 15) is 4.79 Å². The largest absolute Gasteiger partial charge is 0.486 e. The summed E-state index contributed by atoms with van der Waals surface area (Å²) in [5.41, 5.74) is -0.570. The van der Waals surface area contributed by atoms with Crippen LogP contribution >= 0.6 is 0 Å². The first kappa shape index (κ1) is 16.2. The van der Waals surface area contributed by atoms with E-state index in [0.29, 0.717) is 6.42 Å². The molecule has 0 atom stereocenters. The minimum absolute atomic E-state index is 0.144. The molecule has 0 N–H and O–H groups in total. The molecule has 0 aromatic heterocycles. The van der Waals surface area contributed by atoms with E-state index in [1.807, 2.05) is 33.7 Å². The Bertz CT molecular complexity index is 320. The smallest absolute Gasteiger partial charge is 0.469 e. The Morgan fingerprint density at radius 3 is 2.26 bits per heavy atom. The first-order valence-corrected chi connectivity index (χ1v) is 6.87. The van der Waals surface area contributed by atoms with Gasteiger partial charge in [0.1, 0.15) is 0 Å². The maximum atomic E-state index is 10.9. The molecule has 0 amide bonds. The molecule has 0 aromatic carbocycles. The number of hydrogen-bond donors (Lipinski definition) is 0. The molecule has 0 aromatic rings. The van der Waals surface area contributed by atoms with Gasteiger partial charge in [-0.05, 0) is 47.0 Å². The second kappa shape index (κ2) is 6.57. The van der Waals surface area contributed by atoms with E-state index in [0.717, 1.165) is 19.3 Å². The van der Waals surface area contributed by atoms with Crippen LogP contribution < -0.4 is 0 Å². The van der Waals surface area contributed by atoms with E-state index < -0.39 is 0 Å². The molecule has 0 saturated carbocycles. The highest BCUT2D eigenvalue weighted by Crippen LogP contribution is 2.36. The number of carbonyl (C=O) groups is 1. The van der Waals surface area contributed by atoms with E-state index >= 15 is 0 Å². The van der Waals surface area contributed by atoms with Crippen molar-refractivity contribution in [2.24, 2.45) is 0 Å². The number of carbonyl (C=O) groups excluding carboxylic acids is 1. The molecular weight excluding hydrogens is 243 g/mol. The molecular formula is C14H25BO4. The Morgan fingerprint density at radius 1 is 1.16 bits per heavy atom. The number of methoxy groups -OCH3 is 1. The minimum atomic E-state index is -0.285. The van der Waals surface area contributed by atoms with Crippen molar-refractivity contribution in [2.45, 2.75) is 64.6 Å². The van der Waals surface area contributed by atoms with Crippen LogP contribution in [0.1, 0.15) is 53.4 Å². The van der Waals surface area contributed by atoms with Crippen molar-refractivity contribution in [3.05, 3.63) is 12.1 Å². The van der Waals surface area contributed by atoms with Crippen LogP contribution in [0.2, 0.25) is 0 Å². The summed E-state index contributed by atoms with van der Waals surface area (Å²) in [4.78, 5) is 10.9. The molecule has 5 heteroatoms. The van der Waals surface area contributed by atoms with Crippen molar-refractivity contribution in [1.29, 1.82) is 0 Å². The van der Waals surface area contributed by atoms with Gasteiger partial charge in [0, 0.05) is 6.42 Å². The average molecular weight is 268 g/mol. The van der Waals surface area contributed by atoms with E-state index in [1.165, 1.54) is 7.11 Å². The number of hydrogen-bond acceptors (Lipinski definition) is 4. The lowest BCUT2D eigenvalue weighted by atomic mass is 9.89. The van der Waals surface area contributed by atoms with Crippen molar-refractivity contribution in [3.63, 3.8) is 0 Å². The van der Waals surface area contributed by atoms with E-state index in [-0.39, 0.29) is 24.3 Å². The van der Waals surface area contributed by atoms with Crippen LogP contribution in [-0.4, -0.2) is 31.4 Å². The molecule has 108 valence electrons. The first-order chi connectivity index (χ1) is 8.78. The summed E-state index contributed by atoms with van der Waals surface area (Å²) in [6.45, 7) is 8.16. The van der Waals surface area contributed by atoms with Gasteiger partial charge in [-0.1, -0.05) is 12.1 Å². The molecule has 0 aliphatic carbocycles. The fourth-order valence-corrected chi connectivity index (χ4v) is 1.81. The molecule has 0 unspecified atom stereocenters. The van der Waals surface area contributed by atoms with Gasteiger partial charge < -0.3 is 14.0 Å². The Hall–Kier alpha value is -0.805. The van der Waals surface area contributed by atoms with Gasteiger partial charge >= 0.3 is 13.1 Å². The normalized spacial score (nSPS) is 21.0. The zero-order chi connectivity index (χ0) is 14.5. The average Bonchev–Trinajstić information content (AvgIpc) is 2.51. The Balaban J connectivity index is 2.23. The van der Waals surface area contributed by atoms with Gasteiger partial charge in [-0.2, -0.15) is 0 Å². The van der Waals surface area contributed by atoms with Crippen molar-refractivity contribution in [1.82, 2.24) is 0 Å². The SMILES string of the molecule is COC(=O)CCCC/C=C/B1OC(C)(C)C(C)(C)O1. The third-order valence-electron chi connectivity index (χ3n) is 3.79. The van der Waals surface area contributed by atoms with Gasteiger partial charge in [-0.3, -0.25) is 4.79 Å². The highest BCUT2D eigenvalue weighted by molar-refractivity contribution is 6.51. The molecule has 1 fully saturated rings. The summed E-state index contributed by atoms with van der Waals surface area (Å²) in [5, 5.41) is 0. The second-order valence-electron chi connectivity index (χ2n) is 5.87. The Kier molecular flexibility index (Phi) is 5.62. The summed E-state index contributed by atoms with van der Waals surface area (Å²) in [6.07, 6.45) is 5.27. The van der Waals surface area contributed by atoms with Crippen molar-refractivity contribution in [2.75, 3.05) is 7.11 Å². The molecule has 1 aliphatic rings. The third kappa shape index (κ3) is 4.66. The van der Waals surface area contributed by atoms with Gasteiger partial charge in [0.2, 0.25) is 0 Å². The maximum absolute atomic E-state index is 10.9. The summed E-state index contributed by atoms with van der Waals surface area (Å²) in [7, 11) is 1.14. The van der Waals surface area contributed by atoms with Crippen molar-refractivity contribution >= 4 is 13.1 Å². The predicted molar refractivity (Wildman–Crippen MR) is 75.7 cm³/mol. The molecule has 0 spiro atoms. The highest BCUT2D eigenvalue weighted by atomic mass is 16.7. The van der Waals surface area contributed by atoms with Crippen LogP contribution in [0.25, 0.3) is 0 Å². The summed E-state index contributed by atoms with van der Waals surface area (Å²) < 4.78 is 16.3. The molecule has 1 aliphatic heterocycles. The minimum Gasteiger partial charge on any atom is -0.469 e. The molecule has 19 heavy (non-hydrogen) atoms. The number of rotatable bonds is 6. The van der Waals surface area contributed by atoms with Gasteiger partial charge in [0.15, 0.2) is 0 Å². The third-order valence-corrected chi connectivity index (χ3v) is 3.79. The Morgan fingerprint density at radius 2 is 1.74 bits per heavy atom. The van der Waals surface area contributed by atoms with E-state index in [4.69, 9.17) is 9.31 Å². The van der Waals surface area contributed by atoms with Crippen LogP contribution in [0.5, 0.6) is 0 Å². The predicted octanol–water partition coefficient (Wildman–Crippen LogP) is 2.91. The number of ether oxygens (including phenoxy) is 1. The molecule has 0 bridgehead atoms. The number of allylic oxidation sites excluding steroid dienone is 1. The molecule has 1 rings (SSSR count). The Labute approximate surface area is 116 Å². The van der Waals surface area contributed by atoms with E-state index in [2.05, 4.69) is 10.8 Å². The first-order valence-electron chi connectivity index (χ1n) is 6.87. The number of esters is 1. The van der Waals surface area contributed by atoms with E-state index in [1.54, 1.807) is 0 Å². The topological polar surface area (TPSA) is 44.8 Å². The van der Waals surface area contributed by atoms with Crippen molar-refractivity contribution in [3.8, 4) is 0 Å². The second-order valence-corrected chi connectivity index (χ2v) is 5.87. The lowest BCUT2D eigenvalue weighted by Gasteiger charge is -2.32. The highest BCUT2D eigenvalue weighted by Gasteiger charge is 2.49. The number of unbranched alkanes of at least 4 members (excludes halogenated alkanes) is 2. The quantitative estimate of drug-likeness (QED) is 0.422. The molecule has 4 nitrogen and oxygen atoms in total. The van der Waals surface area contributed by atoms with Gasteiger partial charge in [0.25, 0.3) is 0 Å². The van der Waals surface area contributed by atoms with Crippen LogP contribution in [0.4, 0.5) is 0 Å². The monoisotopic (exact) mass is 268 g/mol. The molecule has 1 saturated heterocycles. The van der Waals surface area contributed by atoms with Crippen molar-refractivity contribution < 1.29 is 18.8 Å². The van der Waals surface area contributed by atoms with Crippen LogP contribution in [0.3, 0.4) is 0 Å². The maximum Gasteiger partial charge on any atom is 0.486 e. The fourth-order valence-electron chi connectivity index (χ4n) is 1.81. The van der Waals surface area contributed by atoms with Crippen LogP contribution in [0, 0.1) is 0 Å². The lowest BCUT2D eigenvalue weighted by Crippen LogP contribution is -2.41. The summed E-state index contributed by atoms with van der Waals surface area (Å²) in [5.74, 6) is 1.81. The van der Waals surface area contributed by atoms with Gasteiger partial charge in [-0.25, -0.2) is 0 Å². The zero-order valence-corrected chi connectivity index (χ0v) is 12.7. The fraction of sp³-hybridized carbons (Fsp3) is 0.786. The van der Waals surface area contributed by atoms with Crippen LogP contribution in [-0.2, 0) is 18.8 Å². The van der Waals surface area contributed by atoms with Gasteiger partial charge in [0.05, 0.1) is 18.3 Å². The summed E-state index contributed by atoms with van der Waals surface area (Å²) >= 11 is 0. The lowest BCUT2D eigenvalue weighted by molar-refractivity contribution is -0.140. The van der Waals surface area contributed by atoms with Crippen LogP contribution in [0.15, 0.2) is 12.1 Å². The van der Waals surface area contributed by atoms with Gasteiger partial charge in [-0.15, -0.1) is 0 Å². The molecule has 1 heterocycles. The molecule has 0 radical (unpaired) electrons.